The summed E-state index contributed by atoms with van der Waals surface area (Å²) in [7, 11) is 0. The van der Waals surface area contributed by atoms with Crippen LogP contribution in [0.5, 0.6) is 0 Å². The number of aromatic nitrogens is 2. The van der Waals surface area contributed by atoms with E-state index in [4.69, 9.17) is 0 Å². The molecule has 0 saturated carbocycles. The highest BCUT2D eigenvalue weighted by Crippen LogP contribution is 2.26. The summed E-state index contributed by atoms with van der Waals surface area (Å²) in [6.07, 6.45) is 3.07. The minimum atomic E-state index is 0.0135. The standard InChI is InChI=1S/C16H19N3OS/c1-11(2)13-10-14(18-17-13)16(20)19-7-5-12(6-8-19)15-4-3-9-21-15/h3-5,9-11H,6-8H2,1-2H3,(H,17,18). The molecule has 5 heteroatoms. The van der Waals surface area contributed by atoms with Crippen LogP contribution in [0.25, 0.3) is 5.57 Å². The third-order valence-corrected chi connectivity index (χ3v) is 4.72. The number of carbonyl (C=O) groups is 1. The van der Waals surface area contributed by atoms with Crippen molar-refractivity contribution in [2.24, 2.45) is 0 Å². The number of rotatable bonds is 3. The molecule has 0 atom stereocenters. The van der Waals surface area contributed by atoms with Gasteiger partial charge in [-0.1, -0.05) is 26.0 Å². The first-order valence-electron chi connectivity index (χ1n) is 7.22. The molecule has 2 aromatic rings. The van der Waals surface area contributed by atoms with Crippen LogP contribution in [-0.4, -0.2) is 34.1 Å². The minimum absolute atomic E-state index is 0.0135. The predicted octanol–water partition coefficient (Wildman–Crippen LogP) is 3.52. The van der Waals surface area contributed by atoms with Crippen LogP contribution in [0.3, 0.4) is 0 Å². The smallest absolute Gasteiger partial charge is 0.274 e. The van der Waals surface area contributed by atoms with Crippen molar-refractivity contribution in [3.63, 3.8) is 0 Å². The van der Waals surface area contributed by atoms with Crippen molar-refractivity contribution in [2.75, 3.05) is 13.1 Å². The molecule has 1 aliphatic heterocycles. The van der Waals surface area contributed by atoms with Crippen molar-refractivity contribution in [1.82, 2.24) is 15.1 Å². The average Bonchev–Trinajstić information content (AvgIpc) is 3.18. The molecule has 0 aromatic carbocycles. The third-order valence-electron chi connectivity index (χ3n) is 3.77. The molecule has 0 radical (unpaired) electrons. The molecule has 2 aromatic heterocycles. The Morgan fingerprint density at radius 3 is 2.90 bits per heavy atom. The Labute approximate surface area is 128 Å². The molecule has 3 heterocycles. The molecule has 0 fully saturated rings. The van der Waals surface area contributed by atoms with E-state index in [1.165, 1.54) is 10.5 Å². The number of aromatic amines is 1. The largest absolute Gasteiger partial charge is 0.333 e. The van der Waals surface area contributed by atoms with Crippen molar-refractivity contribution in [3.05, 3.63) is 45.9 Å². The number of carbonyl (C=O) groups excluding carboxylic acids is 1. The van der Waals surface area contributed by atoms with E-state index in [1.54, 1.807) is 11.3 Å². The van der Waals surface area contributed by atoms with Crippen LogP contribution in [0, 0.1) is 0 Å². The maximum atomic E-state index is 12.4. The molecule has 0 spiro atoms. The average molecular weight is 301 g/mol. The highest BCUT2D eigenvalue weighted by atomic mass is 32.1. The van der Waals surface area contributed by atoms with Crippen molar-refractivity contribution in [1.29, 1.82) is 0 Å². The number of H-pyrrole nitrogens is 1. The van der Waals surface area contributed by atoms with E-state index in [0.717, 1.165) is 18.7 Å². The molecule has 0 saturated heterocycles. The van der Waals surface area contributed by atoms with Crippen LogP contribution in [0.1, 0.15) is 47.2 Å². The molecular weight excluding hydrogens is 282 g/mol. The van der Waals surface area contributed by atoms with E-state index in [1.807, 2.05) is 11.0 Å². The first-order valence-corrected chi connectivity index (χ1v) is 8.10. The summed E-state index contributed by atoms with van der Waals surface area (Å²) in [5.41, 5.74) is 2.87. The Bertz CT molecular complexity index is 655. The summed E-state index contributed by atoms with van der Waals surface area (Å²) in [6, 6.07) is 6.07. The number of nitrogens with zero attached hydrogens (tertiary/aromatic N) is 2. The molecule has 21 heavy (non-hydrogen) atoms. The SMILES string of the molecule is CC(C)c1cc(C(=O)N2CC=C(c3cccs3)CC2)n[nH]1. The molecule has 3 rings (SSSR count). The number of nitrogens with one attached hydrogen (secondary N) is 1. The molecule has 0 unspecified atom stereocenters. The quantitative estimate of drug-likeness (QED) is 0.943. The van der Waals surface area contributed by atoms with Crippen LogP contribution in [-0.2, 0) is 0 Å². The second kappa shape index (κ2) is 5.85. The summed E-state index contributed by atoms with van der Waals surface area (Å²) < 4.78 is 0. The van der Waals surface area contributed by atoms with Crippen LogP contribution in [0.2, 0.25) is 0 Å². The Morgan fingerprint density at radius 1 is 1.48 bits per heavy atom. The van der Waals surface area contributed by atoms with E-state index >= 15 is 0 Å². The minimum Gasteiger partial charge on any atom is -0.333 e. The maximum Gasteiger partial charge on any atom is 0.274 e. The predicted molar refractivity (Wildman–Crippen MR) is 85.5 cm³/mol. The summed E-state index contributed by atoms with van der Waals surface area (Å²) in [5.74, 6) is 0.366. The Balaban J connectivity index is 1.69. The molecule has 110 valence electrons. The van der Waals surface area contributed by atoms with E-state index < -0.39 is 0 Å². The second-order valence-corrected chi connectivity index (χ2v) is 6.52. The van der Waals surface area contributed by atoms with E-state index in [0.29, 0.717) is 18.2 Å². The van der Waals surface area contributed by atoms with Crippen LogP contribution in [0.15, 0.2) is 29.7 Å². The van der Waals surface area contributed by atoms with E-state index in [-0.39, 0.29) is 5.91 Å². The van der Waals surface area contributed by atoms with Gasteiger partial charge in [0.05, 0.1) is 0 Å². The fraction of sp³-hybridized carbons (Fsp3) is 0.375. The lowest BCUT2D eigenvalue weighted by molar-refractivity contribution is 0.0767. The summed E-state index contributed by atoms with van der Waals surface area (Å²) >= 11 is 1.75. The topological polar surface area (TPSA) is 49.0 Å². The van der Waals surface area contributed by atoms with Gasteiger partial charge in [0.15, 0.2) is 0 Å². The zero-order chi connectivity index (χ0) is 14.8. The molecule has 1 aliphatic rings. The van der Waals surface area contributed by atoms with Gasteiger partial charge in [-0.15, -0.1) is 11.3 Å². The van der Waals surface area contributed by atoms with Crippen LogP contribution >= 0.6 is 11.3 Å². The Morgan fingerprint density at radius 2 is 2.33 bits per heavy atom. The van der Waals surface area contributed by atoms with Crippen molar-refractivity contribution >= 4 is 22.8 Å². The van der Waals surface area contributed by atoms with Crippen molar-refractivity contribution < 1.29 is 4.79 Å². The fourth-order valence-corrected chi connectivity index (χ4v) is 3.24. The number of hydrogen-bond donors (Lipinski definition) is 1. The van der Waals surface area contributed by atoms with Gasteiger partial charge < -0.3 is 4.90 Å². The first kappa shape index (κ1) is 14.1. The van der Waals surface area contributed by atoms with Crippen LogP contribution in [0.4, 0.5) is 0 Å². The lowest BCUT2D eigenvalue weighted by Gasteiger charge is -2.25. The molecule has 0 aliphatic carbocycles. The molecule has 4 nitrogen and oxygen atoms in total. The number of thiophene rings is 1. The molecular formula is C16H19N3OS. The van der Waals surface area contributed by atoms with Gasteiger partial charge in [-0.05, 0) is 35.4 Å². The van der Waals surface area contributed by atoms with Crippen molar-refractivity contribution in [2.45, 2.75) is 26.2 Å². The van der Waals surface area contributed by atoms with E-state index in [9.17, 15) is 4.79 Å². The summed E-state index contributed by atoms with van der Waals surface area (Å²) in [6.45, 7) is 5.58. The number of amides is 1. The fourth-order valence-electron chi connectivity index (χ4n) is 2.44. The lowest BCUT2D eigenvalue weighted by Crippen LogP contribution is -2.34. The molecule has 1 amide bonds. The van der Waals surface area contributed by atoms with Gasteiger partial charge in [-0.25, -0.2) is 0 Å². The van der Waals surface area contributed by atoms with Gasteiger partial charge in [0, 0.05) is 23.7 Å². The highest BCUT2D eigenvalue weighted by Gasteiger charge is 2.22. The Kier molecular flexibility index (Phi) is 3.92. The monoisotopic (exact) mass is 301 g/mol. The zero-order valence-electron chi connectivity index (χ0n) is 12.3. The van der Waals surface area contributed by atoms with Crippen LogP contribution < -0.4 is 0 Å². The third kappa shape index (κ3) is 2.93. The zero-order valence-corrected chi connectivity index (χ0v) is 13.1. The maximum absolute atomic E-state index is 12.4. The van der Waals surface area contributed by atoms with Gasteiger partial charge in [0.25, 0.3) is 5.91 Å². The number of hydrogen-bond acceptors (Lipinski definition) is 3. The first-order chi connectivity index (χ1) is 10.1. The van der Waals surface area contributed by atoms with Gasteiger partial charge >= 0.3 is 0 Å². The molecule has 0 bridgehead atoms. The van der Waals surface area contributed by atoms with Gasteiger partial charge in [-0.2, -0.15) is 5.10 Å². The van der Waals surface area contributed by atoms with Gasteiger partial charge in [0.2, 0.25) is 0 Å². The lowest BCUT2D eigenvalue weighted by atomic mass is 10.1. The van der Waals surface area contributed by atoms with E-state index in [2.05, 4.69) is 47.6 Å². The van der Waals surface area contributed by atoms with Crippen molar-refractivity contribution in [3.8, 4) is 0 Å². The summed E-state index contributed by atoms with van der Waals surface area (Å²) in [5, 5.41) is 9.18. The van der Waals surface area contributed by atoms with Gasteiger partial charge in [-0.3, -0.25) is 9.89 Å². The highest BCUT2D eigenvalue weighted by molar-refractivity contribution is 7.11. The Hall–Kier alpha value is -1.88. The molecule has 1 N–H and O–H groups in total. The summed E-state index contributed by atoms with van der Waals surface area (Å²) in [4.78, 5) is 15.6. The second-order valence-electron chi connectivity index (χ2n) is 5.57. The van der Waals surface area contributed by atoms with Gasteiger partial charge in [0.1, 0.15) is 5.69 Å². The normalized spacial score (nSPS) is 15.4.